The van der Waals surface area contributed by atoms with E-state index in [0.717, 1.165) is 6.07 Å². The van der Waals surface area contributed by atoms with E-state index in [9.17, 15) is 21.6 Å². The Hall–Kier alpha value is -2.21. The fraction of sp³-hybridized carbons (Fsp3) is 0.238. The van der Waals surface area contributed by atoms with Crippen LogP contribution in [0.4, 0.5) is 30.2 Å². The van der Waals surface area contributed by atoms with Crippen molar-refractivity contribution < 1.29 is 26.3 Å². The van der Waals surface area contributed by atoms with E-state index < -0.39 is 37.9 Å². The molecule has 0 amide bonds. The van der Waals surface area contributed by atoms with Crippen molar-refractivity contribution in [3.8, 4) is 5.75 Å². The van der Waals surface area contributed by atoms with Gasteiger partial charge in [0, 0.05) is 9.64 Å². The van der Waals surface area contributed by atoms with Gasteiger partial charge in [-0.3, -0.25) is 4.72 Å². The van der Waals surface area contributed by atoms with Crippen molar-refractivity contribution >= 4 is 49.7 Å². The molecular formula is C21H20F3IN2O3S. The summed E-state index contributed by atoms with van der Waals surface area (Å²) in [6.45, 7) is 6.99. The summed E-state index contributed by atoms with van der Waals surface area (Å²) in [6, 6.07) is 4.83. The summed E-state index contributed by atoms with van der Waals surface area (Å²) in [7, 11) is -4.02. The van der Waals surface area contributed by atoms with Gasteiger partial charge in [-0.2, -0.15) is 0 Å². The maximum Gasteiger partial charge on any atom is 0.238 e. The molecule has 31 heavy (non-hydrogen) atoms. The third kappa shape index (κ3) is 4.84. The van der Waals surface area contributed by atoms with E-state index >= 15 is 0 Å². The molecule has 2 N–H and O–H groups in total. The van der Waals surface area contributed by atoms with Gasteiger partial charge in [-0.05, 0) is 60.1 Å². The first kappa shape index (κ1) is 23.5. The number of allylic oxidation sites excluding steroid dienone is 1. The SMILES string of the molecule is C=CCOc1cc(F)c(F)c(Nc2ccc(I)cc2F)c1NS(=O)(=O)C1(CC=C)CC1. The molecule has 10 heteroatoms. The molecule has 1 saturated carbocycles. The number of hydrogen-bond acceptors (Lipinski definition) is 4. The highest BCUT2D eigenvalue weighted by atomic mass is 127. The summed E-state index contributed by atoms with van der Waals surface area (Å²) in [5.74, 6) is -3.65. The second-order valence-corrected chi connectivity index (χ2v) is 10.4. The van der Waals surface area contributed by atoms with E-state index in [1.54, 1.807) is 6.07 Å². The van der Waals surface area contributed by atoms with Gasteiger partial charge < -0.3 is 10.1 Å². The van der Waals surface area contributed by atoms with Crippen LogP contribution in [0.25, 0.3) is 0 Å². The average Bonchev–Trinajstić information content (AvgIpc) is 3.49. The minimum Gasteiger partial charge on any atom is -0.487 e. The third-order valence-electron chi connectivity index (χ3n) is 4.86. The van der Waals surface area contributed by atoms with E-state index in [1.165, 1.54) is 24.3 Å². The van der Waals surface area contributed by atoms with Gasteiger partial charge in [0.05, 0.1) is 10.4 Å². The lowest BCUT2D eigenvalue weighted by Crippen LogP contribution is -2.30. The molecule has 1 aliphatic carbocycles. The number of ether oxygens (including phenoxy) is 1. The predicted molar refractivity (Wildman–Crippen MR) is 124 cm³/mol. The lowest BCUT2D eigenvalue weighted by atomic mass is 10.2. The smallest absolute Gasteiger partial charge is 0.238 e. The molecule has 166 valence electrons. The second kappa shape index (κ2) is 9.11. The maximum absolute atomic E-state index is 14.8. The Morgan fingerprint density at radius 3 is 2.39 bits per heavy atom. The summed E-state index contributed by atoms with van der Waals surface area (Å²) < 4.78 is 76.8. The van der Waals surface area contributed by atoms with E-state index in [0.29, 0.717) is 16.4 Å². The second-order valence-electron chi connectivity index (χ2n) is 7.05. The molecule has 0 unspecified atom stereocenters. The highest BCUT2D eigenvalue weighted by Crippen LogP contribution is 2.49. The van der Waals surface area contributed by atoms with Crippen molar-refractivity contribution in [2.45, 2.75) is 24.0 Å². The van der Waals surface area contributed by atoms with Crippen LogP contribution in [0, 0.1) is 21.0 Å². The minimum atomic E-state index is -4.02. The summed E-state index contributed by atoms with van der Waals surface area (Å²) in [5, 5.41) is 2.47. The first-order valence-corrected chi connectivity index (χ1v) is 11.8. The van der Waals surface area contributed by atoms with Gasteiger partial charge in [0.25, 0.3) is 0 Å². The monoisotopic (exact) mass is 564 g/mol. The molecule has 0 aromatic heterocycles. The summed E-state index contributed by atoms with van der Waals surface area (Å²) in [6.07, 6.45) is 3.85. The Labute approximate surface area is 192 Å². The molecule has 0 heterocycles. The highest BCUT2D eigenvalue weighted by molar-refractivity contribution is 14.1. The van der Waals surface area contributed by atoms with Crippen LogP contribution < -0.4 is 14.8 Å². The first-order chi connectivity index (χ1) is 14.6. The zero-order valence-corrected chi connectivity index (χ0v) is 19.3. The molecule has 0 atom stereocenters. The van der Waals surface area contributed by atoms with Gasteiger partial charge in [-0.15, -0.1) is 6.58 Å². The van der Waals surface area contributed by atoms with Crippen molar-refractivity contribution in [1.82, 2.24) is 0 Å². The molecule has 2 aromatic rings. The lowest BCUT2D eigenvalue weighted by molar-refractivity contribution is 0.361. The van der Waals surface area contributed by atoms with Crippen molar-refractivity contribution in [2.24, 2.45) is 0 Å². The molecule has 3 rings (SSSR count). The number of hydrogen-bond donors (Lipinski definition) is 2. The standard InChI is InChI=1S/C21H20F3IN2O3S/c1-3-7-21(8-9-21)31(28,29)27-19-17(30-10-4-2)12-15(23)18(24)20(19)26-16-6-5-13(25)11-14(16)22/h3-6,11-12,26-27H,1-2,7-10H2. The van der Waals surface area contributed by atoms with Gasteiger partial charge in [0.15, 0.2) is 11.6 Å². The van der Waals surface area contributed by atoms with E-state index in [-0.39, 0.29) is 30.2 Å². The van der Waals surface area contributed by atoms with Crippen LogP contribution in [0.1, 0.15) is 19.3 Å². The zero-order chi connectivity index (χ0) is 22.8. The van der Waals surface area contributed by atoms with Crippen LogP contribution in [0.2, 0.25) is 0 Å². The Kier molecular flexibility index (Phi) is 6.89. The number of halogens is 4. The molecule has 0 bridgehead atoms. The van der Waals surface area contributed by atoms with E-state index in [2.05, 4.69) is 23.2 Å². The predicted octanol–water partition coefficient (Wildman–Crippen LogP) is 5.87. The molecule has 0 radical (unpaired) electrons. The van der Waals surface area contributed by atoms with Gasteiger partial charge in [-0.1, -0.05) is 18.7 Å². The van der Waals surface area contributed by atoms with Crippen LogP contribution in [0.3, 0.4) is 0 Å². The fourth-order valence-corrected chi connectivity index (χ4v) is 5.16. The van der Waals surface area contributed by atoms with Crippen LogP contribution in [-0.4, -0.2) is 19.8 Å². The summed E-state index contributed by atoms with van der Waals surface area (Å²) >= 11 is 1.90. The Morgan fingerprint density at radius 2 is 1.81 bits per heavy atom. The van der Waals surface area contributed by atoms with Crippen molar-refractivity contribution in [3.63, 3.8) is 0 Å². The minimum absolute atomic E-state index is 0.0884. The normalized spacial score (nSPS) is 14.6. The van der Waals surface area contributed by atoms with E-state index in [4.69, 9.17) is 4.74 Å². The molecular weight excluding hydrogens is 544 g/mol. The van der Waals surface area contributed by atoms with Crippen molar-refractivity contribution in [2.75, 3.05) is 16.6 Å². The van der Waals surface area contributed by atoms with E-state index in [1.807, 2.05) is 22.6 Å². The number of sulfonamides is 1. The van der Waals surface area contributed by atoms with Gasteiger partial charge >= 0.3 is 0 Å². The quantitative estimate of drug-likeness (QED) is 0.280. The van der Waals surface area contributed by atoms with Gasteiger partial charge in [0.2, 0.25) is 10.0 Å². The molecule has 0 saturated heterocycles. The fourth-order valence-electron chi connectivity index (χ4n) is 3.04. The third-order valence-corrected chi connectivity index (χ3v) is 7.72. The first-order valence-electron chi connectivity index (χ1n) is 9.25. The Bertz CT molecular complexity index is 1140. The Morgan fingerprint density at radius 1 is 1.10 bits per heavy atom. The zero-order valence-electron chi connectivity index (χ0n) is 16.4. The highest BCUT2D eigenvalue weighted by Gasteiger charge is 2.54. The van der Waals surface area contributed by atoms with Crippen LogP contribution >= 0.6 is 22.6 Å². The van der Waals surface area contributed by atoms with Crippen molar-refractivity contribution in [3.05, 3.63) is 70.6 Å². The van der Waals surface area contributed by atoms with Crippen LogP contribution in [0.15, 0.2) is 49.6 Å². The Balaban J connectivity index is 2.13. The molecule has 0 aliphatic heterocycles. The van der Waals surface area contributed by atoms with Crippen LogP contribution in [-0.2, 0) is 10.0 Å². The number of benzene rings is 2. The topological polar surface area (TPSA) is 67.4 Å². The average molecular weight is 564 g/mol. The molecule has 1 fully saturated rings. The largest absolute Gasteiger partial charge is 0.487 e. The van der Waals surface area contributed by atoms with Crippen molar-refractivity contribution in [1.29, 1.82) is 0 Å². The molecule has 0 spiro atoms. The summed E-state index contributed by atoms with van der Waals surface area (Å²) in [4.78, 5) is 0. The maximum atomic E-state index is 14.8. The summed E-state index contributed by atoms with van der Waals surface area (Å²) in [5.41, 5.74) is -1.10. The van der Waals surface area contributed by atoms with Crippen LogP contribution in [0.5, 0.6) is 5.75 Å². The lowest BCUT2D eigenvalue weighted by Gasteiger charge is -2.22. The molecule has 2 aromatic carbocycles. The van der Waals surface area contributed by atoms with Gasteiger partial charge in [0.1, 0.15) is 29.5 Å². The molecule has 1 aliphatic rings. The molecule has 5 nitrogen and oxygen atoms in total. The number of nitrogens with one attached hydrogen (secondary N) is 2. The van der Waals surface area contributed by atoms with Gasteiger partial charge in [-0.25, -0.2) is 21.6 Å². The number of rotatable bonds is 10. The number of anilines is 3.